The molecule has 1 rings (SSSR count). The molecule has 0 spiro atoms. The van der Waals surface area contributed by atoms with Crippen molar-refractivity contribution in [2.75, 3.05) is 0 Å². The first-order valence-corrected chi connectivity index (χ1v) is 2.50. The number of halogens is 2. The van der Waals surface area contributed by atoms with Crippen LogP contribution in [-0.2, 0) is 0 Å². The summed E-state index contributed by atoms with van der Waals surface area (Å²) in [6.45, 7) is -0.850. The fraction of sp³-hybridized carbons (Fsp3) is 0.400. The molecule has 0 unspecified atom stereocenters. The Bertz CT molecular complexity index is 197. The average Bonchev–Trinajstić information content (AvgIpc) is 2.14. The fourth-order valence-electron chi connectivity index (χ4n) is 0.542. The molecular weight excluding hydrogens is 140 g/mol. The molecule has 0 radical (unpaired) electrons. The lowest BCUT2D eigenvalue weighted by Crippen LogP contribution is -1.97. The minimum atomic E-state index is -2.52. The summed E-state index contributed by atoms with van der Waals surface area (Å²) >= 11 is 0. The summed E-state index contributed by atoms with van der Waals surface area (Å²) in [5.41, 5.74) is 0.607. The maximum absolute atomic E-state index is 11.7. The van der Waals surface area contributed by atoms with Gasteiger partial charge >= 0.3 is 6.55 Å². The van der Waals surface area contributed by atoms with Gasteiger partial charge in [-0.15, -0.1) is 0 Å². The van der Waals surface area contributed by atoms with E-state index in [0.717, 1.165) is 0 Å². The second-order valence-electron chi connectivity index (χ2n) is 1.71. The molecule has 10 heavy (non-hydrogen) atoms. The van der Waals surface area contributed by atoms with E-state index in [1.165, 1.54) is 12.3 Å². The zero-order valence-corrected chi connectivity index (χ0v) is 5.59. The third-order valence-electron chi connectivity index (χ3n) is 0.942. The van der Waals surface area contributed by atoms with E-state index in [0.29, 0.717) is 10.4 Å². The van der Waals surface area contributed by atoms with E-state index >= 15 is 0 Å². The van der Waals surface area contributed by atoms with Gasteiger partial charge in [-0.1, -0.05) is 0 Å². The highest BCUT2D eigenvalue weighted by molar-refractivity contribution is 4.94. The molecule has 1 aromatic rings. The van der Waals surface area contributed by atoms with Crippen molar-refractivity contribution in [1.29, 1.82) is 0 Å². The summed E-state index contributed by atoms with van der Waals surface area (Å²) in [5.74, 6) is 0. The Hall–Kier alpha value is -0.970. The molecule has 0 saturated carbocycles. The molecule has 0 bridgehead atoms. The van der Waals surface area contributed by atoms with Crippen LogP contribution in [0.25, 0.3) is 0 Å². The van der Waals surface area contributed by atoms with Gasteiger partial charge in [0.05, 0.1) is 5.69 Å². The molecule has 58 valence electrons. The van der Waals surface area contributed by atoms with Crippen molar-refractivity contribution in [3.05, 3.63) is 18.0 Å². The molecule has 0 aromatic carbocycles. The van der Waals surface area contributed by atoms with Crippen LogP contribution in [0.2, 0.25) is 0 Å². The normalized spacial score (nSPS) is 9.60. The van der Waals surface area contributed by atoms with Crippen LogP contribution >= 0.6 is 0 Å². The van der Waals surface area contributed by atoms with Crippen LogP contribution in [-0.4, -0.2) is 9.78 Å². The highest BCUT2D eigenvalue weighted by atomic mass is 19.3. The predicted octanol–water partition coefficient (Wildman–Crippen LogP) is 1.75. The van der Waals surface area contributed by atoms with Crippen molar-refractivity contribution in [3.8, 4) is 0 Å². The fourth-order valence-corrected chi connectivity index (χ4v) is 0.542. The van der Waals surface area contributed by atoms with E-state index in [1.807, 2.05) is 0 Å². The van der Waals surface area contributed by atoms with Gasteiger partial charge < -0.3 is 6.15 Å². The molecule has 1 aromatic heterocycles. The molecule has 0 aliphatic rings. The Balaban J connectivity index is 0.000000810. The minimum Gasteiger partial charge on any atom is -0.344 e. The lowest BCUT2D eigenvalue weighted by Gasteiger charge is -1.94. The summed E-state index contributed by atoms with van der Waals surface area (Å²) in [7, 11) is 0. The van der Waals surface area contributed by atoms with Crippen LogP contribution in [0.15, 0.2) is 12.3 Å². The molecular formula is C5H9F2N3. The highest BCUT2D eigenvalue weighted by Gasteiger charge is 2.03. The summed E-state index contributed by atoms with van der Waals surface area (Å²) < 4.78 is 24.0. The van der Waals surface area contributed by atoms with Gasteiger partial charge in [0.25, 0.3) is 0 Å². The Morgan fingerprint density at radius 2 is 2.20 bits per heavy atom. The minimum absolute atomic E-state index is 0. The Morgan fingerprint density at radius 3 is 2.40 bits per heavy atom. The van der Waals surface area contributed by atoms with Gasteiger partial charge in [-0.2, -0.15) is 13.9 Å². The molecule has 0 aliphatic carbocycles. The third kappa shape index (κ3) is 1.77. The smallest absolute Gasteiger partial charge is 0.333 e. The highest BCUT2D eigenvalue weighted by Crippen LogP contribution is 2.07. The summed E-state index contributed by atoms with van der Waals surface area (Å²) in [4.78, 5) is 0. The second kappa shape index (κ2) is 3.26. The van der Waals surface area contributed by atoms with Gasteiger partial charge in [-0.25, -0.2) is 4.68 Å². The molecule has 3 nitrogen and oxygen atoms in total. The van der Waals surface area contributed by atoms with Crippen molar-refractivity contribution in [1.82, 2.24) is 15.9 Å². The van der Waals surface area contributed by atoms with E-state index in [2.05, 4.69) is 5.10 Å². The number of nitrogens with zero attached hydrogens (tertiary/aromatic N) is 2. The molecule has 0 saturated heterocycles. The summed E-state index contributed by atoms with van der Waals surface area (Å²) in [5, 5.41) is 3.48. The van der Waals surface area contributed by atoms with Gasteiger partial charge in [-0.3, -0.25) is 0 Å². The van der Waals surface area contributed by atoms with Crippen LogP contribution in [0.3, 0.4) is 0 Å². The third-order valence-corrected chi connectivity index (χ3v) is 0.942. The molecule has 0 amide bonds. The molecule has 1 heterocycles. The number of alkyl halides is 2. The first-order chi connectivity index (χ1) is 4.20. The van der Waals surface area contributed by atoms with Gasteiger partial charge in [0.1, 0.15) is 0 Å². The van der Waals surface area contributed by atoms with Gasteiger partial charge in [0.15, 0.2) is 0 Å². The quantitative estimate of drug-likeness (QED) is 0.661. The first-order valence-electron chi connectivity index (χ1n) is 2.50. The Kier molecular flexibility index (Phi) is 2.95. The predicted molar refractivity (Wildman–Crippen MR) is 33.2 cm³/mol. The molecule has 0 aliphatic heterocycles. The van der Waals surface area contributed by atoms with Crippen LogP contribution < -0.4 is 6.15 Å². The number of aromatic nitrogens is 2. The van der Waals surface area contributed by atoms with Gasteiger partial charge in [0.2, 0.25) is 0 Å². The lowest BCUT2D eigenvalue weighted by molar-refractivity contribution is 0.0563. The Labute approximate surface area is 57.2 Å². The van der Waals surface area contributed by atoms with Gasteiger partial charge in [0, 0.05) is 6.20 Å². The van der Waals surface area contributed by atoms with E-state index in [-0.39, 0.29) is 6.15 Å². The molecule has 5 heteroatoms. The number of hydrogen-bond donors (Lipinski definition) is 1. The van der Waals surface area contributed by atoms with E-state index in [1.54, 1.807) is 6.92 Å². The maximum atomic E-state index is 11.7. The topological polar surface area (TPSA) is 52.8 Å². The van der Waals surface area contributed by atoms with Crippen LogP contribution in [0.4, 0.5) is 8.78 Å². The molecule has 3 N–H and O–H groups in total. The largest absolute Gasteiger partial charge is 0.344 e. The van der Waals surface area contributed by atoms with Crippen molar-refractivity contribution >= 4 is 0 Å². The van der Waals surface area contributed by atoms with Crippen molar-refractivity contribution in [2.45, 2.75) is 13.5 Å². The summed E-state index contributed by atoms with van der Waals surface area (Å²) in [6.07, 6.45) is 1.25. The van der Waals surface area contributed by atoms with Crippen molar-refractivity contribution in [3.63, 3.8) is 0 Å². The first kappa shape index (κ1) is 9.03. The van der Waals surface area contributed by atoms with Crippen LogP contribution in [0.5, 0.6) is 0 Å². The van der Waals surface area contributed by atoms with Crippen molar-refractivity contribution in [2.24, 2.45) is 0 Å². The molecule has 0 atom stereocenters. The number of hydrogen-bond acceptors (Lipinski definition) is 2. The zero-order valence-electron chi connectivity index (χ0n) is 5.59. The zero-order chi connectivity index (χ0) is 6.85. The average molecular weight is 149 g/mol. The van der Waals surface area contributed by atoms with Crippen LogP contribution in [0.1, 0.15) is 12.2 Å². The van der Waals surface area contributed by atoms with E-state index in [4.69, 9.17) is 0 Å². The number of aryl methyl sites for hydroxylation is 1. The SMILES string of the molecule is Cc1ccn(C(F)F)n1.N. The van der Waals surface area contributed by atoms with Crippen LogP contribution in [0, 0.1) is 6.92 Å². The van der Waals surface area contributed by atoms with Crippen molar-refractivity contribution < 1.29 is 8.78 Å². The number of rotatable bonds is 1. The van der Waals surface area contributed by atoms with E-state index < -0.39 is 6.55 Å². The van der Waals surface area contributed by atoms with E-state index in [9.17, 15) is 8.78 Å². The second-order valence-corrected chi connectivity index (χ2v) is 1.71. The maximum Gasteiger partial charge on any atom is 0.333 e. The summed E-state index contributed by atoms with van der Waals surface area (Å²) in [6, 6.07) is 1.53. The molecule has 0 fully saturated rings. The monoisotopic (exact) mass is 149 g/mol. The Morgan fingerprint density at radius 1 is 1.60 bits per heavy atom. The lowest BCUT2D eigenvalue weighted by atomic mass is 10.5. The standard InChI is InChI=1S/C5H6F2N2.H3N/c1-4-2-3-9(8-4)5(6)7;/h2-3,5H,1H3;1H3. The van der Waals surface area contributed by atoms with Gasteiger partial charge in [-0.05, 0) is 13.0 Å².